The second kappa shape index (κ2) is 8.84. The number of nitrogens with zero attached hydrogens (tertiary/aromatic N) is 2. The lowest BCUT2D eigenvalue weighted by Crippen LogP contribution is -2.47. The average Bonchev–Trinajstić information content (AvgIpc) is 2.71. The van der Waals surface area contributed by atoms with Crippen molar-refractivity contribution in [3.63, 3.8) is 0 Å². The summed E-state index contributed by atoms with van der Waals surface area (Å²) in [5.74, 6) is 0.344. The number of nitrogens with one attached hydrogen (secondary N) is 1. The van der Waals surface area contributed by atoms with Crippen molar-refractivity contribution in [1.82, 2.24) is 4.90 Å². The van der Waals surface area contributed by atoms with E-state index in [1.807, 2.05) is 30.1 Å². The lowest BCUT2D eigenvalue weighted by atomic mass is 9.87. The summed E-state index contributed by atoms with van der Waals surface area (Å²) in [6, 6.07) is 13.6. The molecule has 0 fully saturated rings. The Morgan fingerprint density at radius 2 is 1.81 bits per heavy atom. The van der Waals surface area contributed by atoms with Crippen LogP contribution in [0.15, 0.2) is 48.5 Å². The number of hydrogen-bond donors (Lipinski definition) is 1. The second-order valence-corrected chi connectivity index (χ2v) is 9.10. The van der Waals surface area contributed by atoms with Gasteiger partial charge >= 0.3 is 0 Å². The molecule has 6 heteroatoms. The molecule has 2 aromatic rings. The molecule has 1 N–H and O–H groups in total. The summed E-state index contributed by atoms with van der Waals surface area (Å²) in [4.78, 5) is 28.1. The lowest BCUT2D eigenvalue weighted by Gasteiger charge is -2.34. The maximum absolute atomic E-state index is 12.4. The molecule has 0 aromatic heterocycles. The van der Waals surface area contributed by atoms with E-state index < -0.39 is 6.10 Å². The molecule has 1 unspecified atom stereocenters. The molecule has 0 bridgehead atoms. The summed E-state index contributed by atoms with van der Waals surface area (Å²) in [5.41, 5.74) is 3.83. The van der Waals surface area contributed by atoms with E-state index in [9.17, 15) is 9.59 Å². The number of rotatable bonds is 4. The summed E-state index contributed by atoms with van der Waals surface area (Å²) in [6.45, 7) is 6.97. The van der Waals surface area contributed by atoms with E-state index in [1.54, 1.807) is 32.3 Å². The zero-order valence-corrected chi connectivity index (χ0v) is 19.1. The van der Waals surface area contributed by atoms with Crippen LogP contribution in [-0.4, -0.2) is 50.5 Å². The Morgan fingerprint density at radius 3 is 2.42 bits per heavy atom. The van der Waals surface area contributed by atoms with E-state index in [4.69, 9.17) is 4.74 Å². The van der Waals surface area contributed by atoms with Gasteiger partial charge in [-0.25, -0.2) is 0 Å². The number of benzene rings is 2. The molecule has 6 nitrogen and oxygen atoms in total. The van der Waals surface area contributed by atoms with Gasteiger partial charge in [-0.05, 0) is 40.8 Å². The Bertz CT molecular complexity index is 988. The van der Waals surface area contributed by atoms with Crippen LogP contribution >= 0.6 is 0 Å². The zero-order valence-electron chi connectivity index (χ0n) is 19.1. The number of amides is 2. The van der Waals surface area contributed by atoms with Crippen molar-refractivity contribution in [3.05, 3.63) is 59.7 Å². The largest absolute Gasteiger partial charge is 0.477 e. The van der Waals surface area contributed by atoms with E-state index in [2.05, 4.69) is 38.2 Å². The fraction of sp³-hybridized carbons (Fsp3) is 0.360. The van der Waals surface area contributed by atoms with Crippen molar-refractivity contribution in [3.8, 4) is 5.75 Å². The molecule has 2 amide bonds. The quantitative estimate of drug-likeness (QED) is 0.760. The van der Waals surface area contributed by atoms with Crippen LogP contribution in [0.2, 0.25) is 0 Å². The van der Waals surface area contributed by atoms with Gasteiger partial charge in [0.2, 0.25) is 5.91 Å². The van der Waals surface area contributed by atoms with Crippen molar-refractivity contribution < 1.29 is 14.3 Å². The summed E-state index contributed by atoms with van der Waals surface area (Å²) in [5, 5.41) is 2.89. The van der Waals surface area contributed by atoms with Crippen molar-refractivity contribution >= 4 is 29.3 Å². The highest BCUT2D eigenvalue weighted by Gasteiger charge is 2.30. The lowest BCUT2D eigenvalue weighted by molar-refractivity contribution is -0.135. The SMILES string of the molecule is CN(C)C(=O)C1CN(C)c2cc(NC(=O)/C=C/c3ccc(C(C)(C)C)cc3)ccc2O1. The number of carbonyl (C=O) groups excluding carboxylic acids is 2. The first-order valence-electron chi connectivity index (χ1n) is 10.4. The van der Waals surface area contributed by atoms with Gasteiger partial charge in [-0.1, -0.05) is 45.0 Å². The molecule has 3 rings (SSSR count). The monoisotopic (exact) mass is 421 g/mol. The fourth-order valence-electron chi connectivity index (χ4n) is 3.40. The summed E-state index contributed by atoms with van der Waals surface area (Å²) < 4.78 is 5.86. The normalized spacial score (nSPS) is 15.9. The van der Waals surface area contributed by atoms with Gasteiger partial charge in [0, 0.05) is 32.9 Å². The predicted molar refractivity (Wildman–Crippen MR) is 126 cm³/mol. The average molecular weight is 422 g/mol. The standard InChI is InChI=1S/C25H31N3O3/c1-25(2,3)18-10-7-17(8-11-18)9-14-23(29)26-19-12-13-21-20(15-19)28(6)16-22(31-21)24(30)27(4)5/h7-15,22H,16H2,1-6H3,(H,26,29)/b14-9+. The number of hydrogen-bond acceptors (Lipinski definition) is 4. The Balaban J connectivity index is 1.66. The Morgan fingerprint density at radius 1 is 1.13 bits per heavy atom. The first-order valence-corrected chi connectivity index (χ1v) is 10.4. The van der Waals surface area contributed by atoms with Gasteiger partial charge in [-0.3, -0.25) is 9.59 Å². The molecular weight excluding hydrogens is 390 g/mol. The number of likely N-dealkylation sites (N-methyl/N-ethyl adjacent to an activating group) is 2. The highest BCUT2D eigenvalue weighted by molar-refractivity contribution is 6.02. The molecular formula is C25H31N3O3. The van der Waals surface area contributed by atoms with Crippen molar-refractivity contribution in [2.75, 3.05) is 37.9 Å². The summed E-state index contributed by atoms with van der Waals surface area (Å²) in [6.07, 6.45) is 2.78. The van der Waals surface area contributed by atoms with Crippen LogP contribution in [0.25, 0.3) is 6.08 Å². The molecule has 31 heavy (non-hydrogen) atoms. The highest BCUT2D eigenvalue weighted by atomic mass is 16.5. The minimum Gasteiger partial charge on any atom is -0.477 e. The van der Waals surface area contributed by atoms with Crippen molar-refractivity contribution in [2.45, 2.75) is 32.3 Å². The minimum absolute atomic E-state index is 0.0736. The molecule has 1 atom stereocenters. The minimum atomic E-state index is -0.541. The third-order valence-corrected chi connectivity index (χ3v) is 5.27. The van der Waals surface area contributed by atoms with E-state index in [-0.39, 0.29) is 17.2 Å². The topological polar surface area (TPSA) is 61.9 Å². The van der Waals surface area contributed by atoms with Gasteiger partial charge in [0.15, 0.2) is 6.10 Å². The fourth-order valence-corrected chi connectivity index (χ4v) is 3.40. The van der Waals surface area contributed by atoms with Gasteiger partial charge in [-0.15, -0.1) is 0 Å². The molecule has 0 saturated heterocycles. The maximum atomic E-state index is 12.4. The zero-order chi connectivity index (χ0) is 22.8. The van der Waals surface area contributed by atoms with Crippen LogP contribution in [0.5, 0.6) is 5.75 Å². The third-order valence-electron chi connectivity index (χ3n) is 5.27. The van der Waals surface area contributed by atoms with Crippen LogP contribution in [0.1, 0.15) is 31.9 Å². The number of carbonyl (C=O) groups is 2. The van der Waals surface area contributed by atoms with E-state index in [1.165, 1.54) is 16.5 Å². The van der Waals surface area contributed by atoms with E-state index >= 15 is 0 Å². The molecule has 1 aliphatic heterocycles. The second-order valence-electron chi connectivity index (χ2n) is 9.10. The molecule has 0 radical (unpaired) electrons. The first kappa shape index (κ1) is 22.4. The summed E-state index contributed by atoms with van der Waals surface area (Å²) in [7, 11) is 5.34. The molecule has 1 aliphatic rings. The van der Waals surface area contributed by atoms with Gasteiger partial charge in [0.1, 0.15) is 5.75 Å². The molecule has 2 aromatic carbocycles. The van der Waals surface area contributed by atoms with Gasteiger partial charge in [-0.2, -0.15) is 0 Å². The first-order chi connectivity index (χ1) is 14.5. The molecule has 0 spiro atoms. The van der Waals surface area contributed by atoms with Gasteiger partial charge < -0.3 is 19.9 Å². The Labute approximate surface area is 184 Å². The van der Waals surface area contributed by atoms with Gasteiger partial charge in [0.05, 0.1) is 12.2 Å². The number of fused-ring (bicyclic) bond motifs is 1. The Hall–Kier alpha value is -3.28. The number of anilines is 2. The predicted octanol–water partition coefficient (Wildman–Crippen LogP) is 3.92. The van der Waals surface area contributed by atoms with Crippen LogP contribution in [-0.2, 0) is 15.0 Å². The van der Waals surface area contributed by atoms with Gasteiger partial charge in [0.25, 0.3) is 5.91 Å². The van der Waals surface area contributed by atoms with Crippen LogP contribution < -0.4 is 15.0 Å². The van der Waals surface area contributed by atoms with E-state index in [0.29, 0.717) is 18.0 Å². The van der Waals surface area contributed by atoms with Crippen LogP contribution in [0.3, 0.4) is 0 Å². The van der Waals surface area contributed by atoms with Crippen LogP contribution in [0, 0.1) is 0 Å². The molecule has 164 valence electrons. The molecule has 0 saturated carbocycles. The van der Waals surface area contributed by atoms with Crippen molar-refractivity contribution in [2.24, 2.45) is 0 Å². The Kier molecular flexibility index (Phi) is 6.39. The number of ether oxygens (including phenoxy) is 1. The molecule has 1 heterocycles. The molecule has 0 aliphatic carbocycles. The smallest absolute Gasteiger partial charge is 0.265 e. The maximum Gasteiger partial charge on any atom is 0.265 e. The summed E-state index contributed by atoms with van der Waals surface area (Å²) >= 11 is 0. The van der Waals surface area contributed by atoms with E-state index in [0.717, 1.165) is 11.3 Å². The highest BCUT2D eigenvalue weighted by Crippen LogP contribution is 2.35. The third kappa shape index (κ3) is 5.45. The van der Waals surface area contributed by atoms with Crippen molar-refractivity contribution in [1.29, 1.82) is 0 Å². The van der Waals surface area contributed by atoms with Crippen LogP contribution in [0.4, 0.5) is 11.4 Å².